The van der Waals surface area contributed by atoms with Crippen LogP contribution < -0.4 is 5.73 Å². The van der Waals surface area contributed by atoms with Crippen molar-refractivity contribution in [3.63, 3.8) is 0 Å². The maximum absolute atomic E-state index is 6.46. The zero-order valence-corrected chi connectivity index (χ0v) is 28.2. The molecule has 0 aliphatic rings. The molecule has 0 saturated carbocycles. The van der Waals surface area contributed by atoms with Crippen LogP contribution in [0.25, 0.3) is 0 Å². The number of unbranched alkanes of at least 4 members (excludes halogenated alkanes) is 22. The van der Waals surface area contributed by atoms with Crippen LogP contribution >= 0.6 is 0 Å². The number of likely N-dealkylation sites (N-methyl/N-ethyl adjacent to an activating group) is 1. The second kappa shape index (κ2) is 33.3. The minimum atomic E-state index is 0.145. The SMILES string of the molecule is CCCCCCCCCCCCCCOCC(OCCCCCCCCCCCCCC)C(CCCN)N(C)C. The van der Waals surface area contributed by atoms with E-state index in [-0.39, 0.29) is 6.10 Å². The van der Waals surface area contributed by atoms with Crippen LogP contribution in [0.4, 0.5) is 0 Å². The minimum Gasteiger partial charge on any atom is -0.379 e. The van der Waals surface area contributed by atoms with E-state index < -0.39 is 0 Å². The second-order valence-corrected chi connectivity index (χ2v) is 12.7. The highest BCUT2D eigenvalue weighted by molar-refractivity contribution is 4.77. The van der Waals surface area contributed by atoms with Gasteiger partial charge >= 0.3 is 0 Å². The summed E-state index contributed by atoms with van der Waals surface area (Å²) in [5.41, 5.74) is 5.84. The molecule has 0 aromatic rings. The van der Waals surface area contributed by atoms with E-state index in [0.717, 1.165) is 32.6 Å². The number of nitrogens with zero attached hydrogens (tertiary/aromatic N) is 1. The molecule has 0 rings (SSSR count). The molecule has 4 heteroatoms. The van der Waals surface area contributed by atoms with Gasteiger partial charge in [-0.1, -0.05) is 155 Å². The number of ether oxygens (including phenoxy) is 2. The summed E-state index contributed by atoms with van der Waals surface area (Å²) in [5.74, 6) is 0. The van der Waals surface area contributed by atoms with Crippen LogP contribution in [0.15, 0.2) is 0 Å². The van der Waals surface area contributed by atoms with Gasteiger partial charge in [-0.25, -0.2) is 0 Å². The van der Waals surface area contributed by atoms with Gasteiger partial charge in [0.1, 0.15) is 0 Å². The van der Waals surface area contributed by atoms with Crippen molar-refractivity contribution in [2.24, 2.45) is 5.73 Å². The summed E-state index contributed by atoms with van der Waals surface area (Å²) < 4.78 is 12.6. The van der Waals surface area contributed by atoms with Gasteiger partial charge in [-0.05, 0) is 46.3 Å². The minimum absolute atomic E-state index is 0.145. The fourth-order valence-corrected chi connectivity index (χ4v) is 5.80. The van der Waals surface area contributed by atoms with Gasteiger partial charge < -0.3 is 20.1 Å². The van der Waals surface area contributed by atoms with E-state index in [1.807, 2.05) is 0 Å². The highest BCUT2D eigenvalue weighted by Crippen LogP contribution is 2.16. The van der Waals surface area contributed by atoms with Crippen molar-refractivity contribution in [1.82, 2.24) is 4.90 Å². The average molecular weight is 569 g/mol. The summed E-state index contributed by atoms with van der Waals surface area (Å²) in [6.45, 7) is 7.77. The molecule has 2 atom stereocenters. The largest absolute Gasteiger partial charge is 0.379 e. The van der Waals surface area contributed by atoms with E-state index in [1.54, 1.807) is 0 Å². The molecule has 40 heavy (non-hydrogen) atoms. The van der Waals surface area contributed by atoms with Crippen molar-refractivity contribution < 1.29 is 9.47 Å². The Bertz CT molecular complexity index is 460. The molecule has 0 bridgehead atoms. The van der Waals surface area contributed by atoms with Gasteiger partial charge in [0.25, 0.3) is 0 Å². The Morgan fingerprint density at radius 2 is 0.875 bits per heavy atom. The molecule has 0 radical (unpaired) electrons. The van der Waals surface area contributed by atoms with Crippen LogP contribution in [-0.2, 0) is 9.47 Å². The molecule has 2 N–H and O–H groups in total. The quantitative estimate of drug-likeness (QED) is 0.0784. The number of nitrogens with two attached hydrogens (primary N) is 1. The first-order valence-corrected chi connectivity index (χ1v) is 18.2. The Morgan fingerprint density at radius 3 is 1.25 bits per heavy atom. The number of hydrogen-bond donors (Lipinski definition) is 1. The first kappa shape index (κ1) is 39.8. The van der Waals surface area contributed by atoms with Gasteiger partial charge in [-0.2, -0.15) is 0 Å². The predicted molar refractivity (Wildman–Crippen MR) is 178 cm³/mol. The maximum Gasteiger partial charge on any atom is 0.0962 e. The van der Waals surface area contributed by atoms with Crippen LogP contribution in [0, 0.1) is 0 Å². The lowest BCUT2D eigenvalue weighted by Gasteiger charge is -2.32. The highest BCUT2D eigenvalue weighted by atomic mass is 16.5. The molecule has 0 heterocycles. The van der Waals surface area contributed by atoms with E-state index >= 15 is 0 Å². The van der Waals surface area contributed by atoms with Crippen LogP contribution in [0.3, 0.4) is 0 Å². The number of hydrogen-bond acceptors (Lipinski definition) is 4. The van der Waals surface area contributed by atoms with E-state index in [9.17, 15) is 0 Å². The first-order chi connectivity index (χ1) is 19.7. The lowest BCUT2D eigenvalue weighted by atomic mass is 10.0. The van der Waals surface area contributed by atoms with Gasteiger partial charge in [-0.15, -0.1) is 0 Å². The van der Waals surface area contributed by atoms with Crippen molar-refractivity contribution in [3.8, 4) is 0 Å². The van der Waals surface area contributed by atoms with E-state index in [4.69, 9.17) is 15.2 Å². The topological polar surface area (TPSA) is 47.7 Å². The molecule has 242 valence electrons. The zero-order valence-electron chi connectivity index (χ0n) is 28.2. The normalized spacial score (nSPS) is 13.3. The molecular formula is C36H76N2O2. The Hall–Kier alpha value is -0.160. The number of rotatable bonds is 34. The lowest BCUT2D eigenvalue weighted by molar-refractivity contribution is -0.0574. The molecule has 0 aliphatic heterocycles. The summed E-state index contributed by atoms with van der Waals surface area (Å²) in [6, 6.07) is 0.378. The van der Waals surface area contributed by atoms with Crippen molar-refractivity contribution in [2.75, 3.05) is 40.5 Å². The van der Waals surface area contributed by atoms with Crippen molar-refractivity contribution in [3.05, 3.63) is 0 Å². The Kier molecular flexibility index (Phi) is 33.2. The molecule has 2 unspecified atom stereocenters. The summed E-state index contributed by atoms with van der Waals surface area (Å²) in [4.78, 5) is 2.32. The third kappa shape index (κ3) is 28.0. The van der Waals surface area contributed by atoms with Gasteiger partial charge in [0, 0.05) is 19.3 Å². The smallest absolute Gasteiger partial charge is 0.0962 e. The molecule has 4 nitrogen and oxygen atoms in total. The Balaban J connectivity index is 3.96. The molecule has 0 aromatic heterocycles. The van der Waals surface area contributed by atoms with Crippen molar-refractivity contribution >= 4 is 0 Å². The second-order valence-electron chi connectivity index (χ2n) is 12.7. The van der Waals surface area contributed by atoms with E-state index in [0.29, 0.717) is 12.6 Å². The molecule has 0 fully saturated rings. The Labute approximate surface area is 253 Å². The molecule has 0 spiro atoms. The third-order valence-electron chi connectivity index (χ3n) is 8.55. The zero-order chi connectivity index (χ0) is 29.4. The van der Waals surface area contributed by atoms with Gasteiger partial charge in [0.2, 0.25) is 0 Å². The molecular weight excluding hydrogens is 492 g/mol. The highest BCUT2D eigenvalue weighted by Gasteiger charge is 2.24. The fourth-order valence-electron chi connectivity index (χ4n) is 5.80. The maximum atomic E-state index is 6.46. The lowest BCUT2D eigenvalue weighted by Crippen LogP contribution is -2.43. The Morgan fingerprint density at radius 1 is 0.500 bits per heavy atom. The summed E-state index contributed by atoms with van der Waals surface area (Å²) in [7, 11) is 4.35. The molecule has 0 amide bonds. The standard InChI is InChI=1S/C36H76N2O2/c1-5-7-9-11-13-15-17-19-21-23-25-27-32-39-34-36(35(38(3)4)30-29-31-37)40-33-28-26-24-22-20-18-16-14-12-10-8-6-2/h35-36H,5-34,37H2,1-4H3. The van der Waals surface area contributed by atoms with Crippen molar-refractivity contribution in [1.29, 1.82) is 0 Å². The average Bonchev–Trinajstić information content (AvgIpc) is 2.95. The fraction of sp³-hybridized carbons (Fsp3) is 1.00. The monoisotopic (exact) mass is 569 g/mol. The van der Waals surface area contributed by atoms with Crippen LogP contribution in [0.5, 0.6) is 0 Å². The van der Waals surface area contributed by atoms with Gasteiger partial charge in [0.15, 0.2) is 0 Å². The van der Waals surface area contributed by atoms with Crippen LogP contribution in [-0.4, -0.2) is 57.5 Å². The van der Waals surface area contributed by atoms with Crippen LogP contribution in [0.2, 0.25) is 0 Å². The summed E-state index contributed by atoms with van der Waals surface area (Å²) in [5, 5.41) is 0. The molecule has 0 aromatic carbocycles. The van der Waals surface area contributed by atoms with E-state index in [1.165, 1.54) is 154 Å². The summed E-state index contributed by atoms with van der Waals surface area (Å²) >= 11 is 0. The summed E-state index contributed by atoms with van der Waals surface area (Å²) in [6.07, 6.45) is 35.4. The van der Waals surface area contributed by atoms with Gasteiger partial charge in [0.05, 0.1) is 12.7 Å². The van der Waals surface area contributed by atoms with Crippen molar-refractivity contribution in [2.45, 2.75) is 193 Å². The van der Waals surface area contributed by atoms with E-state index in [2.05, 4.69) is 32.8 Å². The van der Waals surface area contributed by atoms with Gasteiger partial charge in [-0.3, -0.25) is 0 Å². The predicted octanol–water partition coefficient (Wildman–Crippen LogP) is 10.5. The molecule has 0 saturated heterocycles. The molecule has 0 aliphatic carbocycles. The third-order valence-corrected chi connectivity index (χ3v) is 8.55. The first-order valence-electron chi connectivity index (χ1n) is 18.2. The van der Waals surface area contributed by atoms with Crippen LogP contribution in [0.1, 0.15) is 181 Å².